The van der Waals surface area contributed by atoms with Crippen molar-refractivity contribution in [3.63, 3.8) is 0 Å². The first-order chi connectivity index (χ1) is 19.5. The van der Waals surface area contributed by atoms with Crippen molar-refractivity contribution in [1.82, 2.24) is 14.4 Å². The van der Waals surface area contributed by atoms with Gasteiger partial charge in [0, 0.05) is 50.2 Å². The van der Waals surface area contributed by atoms with Crippen molar-refractivity contribution in [2.75, 3.05) is 26.3 Å². The molecule has 40 heavy (non-hydrogen) atoms. The first-order valence-electron chi connectivity index (χ1n) is 15.5. The van der Waals surface area contributed by atoms with E-state index in [0.29, 0.717) is 32.8 Å². The molecular weight excluding hydrogens is 505 g/mol. The molecule has 1 atom stereocenters. The van der Waals surface area contributed by atoms with Crippen molar-refractivity contribution >= 4 is 11.8 Å². The van der Waals surface area contributed by atoms with Gasteiger partial charge in [0.2, 0.25) is 11.8 Å². The number of benzene rings is 1. The summed E-state index contributed by atoms with van der Waals surface area (Å²) in [5.74, 6) is -0.164. The van der Waals surface area contributed by atoms with E-state index in [1.165, 1.54) is 18.6 Å². The maximum Gasteiger partial charge on any atom is 0.242 e. The second-order valence-corrected chi connectivity index (χ2v) is 11.1. The fraction of sp³-hybridized carbons (Fsp3) is 0.636. The highest BCUT2D eigenvalue weighted by atomic mass is 19.1. The molecule has 2 aromatic rings. The molecule has 1 aromatic carbocycles. The minimum atomic E-state index is -0.245. The molecule has 1 aliphatic rings. The predicted molar refractivity (Wildman–Crippen MR) is 158 cm³/mol. The Morgan fingerprint density at radius 2 is 1.80 bits per heavy atom. The van der Waals surface area contributed by atoms with Gasteiger partial charge in [-0.25, -0.2) is 4.39 Å². The van der Waals surface area contributed by atoms with Gasteiger partial charge < -0.3 is 19.1 Å². The molecule has 0 aliphatic heterocycles. The van der Waals surface area contributed by atoms with Crippen LogP contribution in [0.15, 0.2) is 42.6 Å². The number of unbranched alkanes of at least 4 members (excludes halogenated alkanes) is 1. The molecule has 0 bridgehead atoms. The second kappa shape index (κ2) is 17.2. The first kappa shape index (κ1) is 31.9. The number of carbonyl (C=O) groups excluding carboxylic acids is 2. The largest absolute Gasteiger partial charge is 0.382 e. The molecular formula is C33H50FN3O3. The lowest BCUT2D eigenvalue weighted by Crippen LogP contribution is -2.49. The van der Waals surface area contributed by atoms with E-state index in [0.717, 1.165) is 69.0 Å². The van der Waals surface area contributed by atoms with Gasteiger partial charge in [0.1, 0.15) is 5.82 Å². The van der Waals surface area contributed by atoms with Crippen molar-refractivity contribution in [3.8, 4) is 0 Å². The smallest absolute Gasteiger partial charge is 0.242 e. The maximum atomic E-state index is 14.1. The van der Waals surface area contributed by atoms with Crippen molar-refractivity contribution < 1.29 is 18.7 Å². The van der Waals surface area contributed by atoms with Gasteiger partial charge >= 0.3 is 0 Å². The summed E-state index contributed by atoms with van der Waals surface area (Å²) in [7, 11) is 0. The number of rotatable bonds is 17. The van der Waals surface area contributed by atoms with Crippen LogP contribution in [0.5, 0.6) is 0 Å². The molecule has 0 N–H and O–H groups in total. The standard InChI is InChI=1S/C33H50FN3O3/c1-4-7-13-28(5-2)33(39)36(22-12-23-40-6-3)26-32(38)37(30-14-9-8-10-15-30)25-31-16-11-21-35(31)24-27-17-19-29(34)20-18-27/h11,16-21,28,30H,4-10,12-15,22-26H2,1-3H3. The number of hydrogen-bond donors (Lipinski definition) is 0. The van der Waals surface area contributed by atoms with Crippen LogP contribution in [0.3, 0.4) is 0 Å². The summed E-state index contributed by atoms with van der Waals surface area (Å²) in [4.78, 5) is 31.6. The molecule has 1 heterocycles. The highest BCUT2D eigenvalue weighted by molar-refractivity contribution is 5.86. The van der Waals surface area contributed by atoms with Crippen LogP contribution < -0.4 is 0 Å². The SMILES string of the molecule is CCCCC(CC)C(=O)N(CCCOCC)CC(=O)N(Cc1cccn1Cc1ccc(F)cc1)C1CCCCC1. The van der Waals surface area contributed by atoms with E-state index < -0.39 is 0 Å². The summed E-state index contributed by atoms with van der Waals surface area (Å²) >= 11 is 0. The Bertz CT molecular complexity index is 1020. The molecule has 0 spiro atoms. The van der Waals surface area contributed by atoms with Crippen molar-refractivity contribution in [2.45, 2.75) is 104 Å². The lowest BCUT2D eigenvalue weighted by atomic mass is 9.93. The zero-order chi connectivity index (χ0) is 28.7. The topological polar surface area (TPSA) is 54.8 Å². The average molecular weight is 556 g/mol. The molecule has 1 fully saturated rings. The monoisotopic (exact) mass is 555 g/mol. The summed E-state index contributed by atoms with van der Waals surface area (Å²) < 4.78 is 21.1. The lowest BCUT2D eigenvalue weighted by molar-refractivity contribution is -0.145. The van der Waals surface area contributed by atoms with E-state index in [-0.39, 0.29) is 36.1 Å². The highest BCUT2D eigenvalue weighted by Gasteiger charge is 2.30. The van der Waals surface area contributed by atoms with Gasteiger partial charge in [-0.15, -0.1) is 0 Å². The summed E-state index contributed by atoms with van der Waals surface area (Å²) in [6, 6.07) is 10.8. The Balaban J connectivity index is 1.79. The van der Waals surface area contributed by atoms with Crippen LogP contribution in [0.1, 0.15) is 96.2 Å². The minimum absolute atomic E-state index is 0.0246. The van der Waals surface area contributed by atoms with Crippen LogP contribution >= 0.6 is 0 Å². The third-order valence-electron chi connectivity index (χ3n) is 8.16. The molecule has 1 aliphatic carbocycles. The zero-order valence-electron chi connectivity index (χ0n) is 25.0. The zero-order valence-corrected chi connectivity index (χ0v) is 25.0. The number of hydrogen-bond acceptors (Lipinski definition) is 3. The van der Waals surface area contributed by atoms with Crippen LogP contribution in [0, 0.1) is 11.7 Å². The molecule has 3 rings (SSSR count). The van der Waals surface area contributed by atoms with E-state index in [2.05, 4.69) is 24.5 Å². The fourth-order valence-corrected chi connectivity index (χ4v) is 5.76. The number of ether oxygens (including phenoxy) is 1. The van der Waals surface area contributed by atoms with E-state index in [9.17, 15) is 14.0 Å². The van der Waals surface area contributed by atoms with Gasteiger partial charge in [0.25, 0.3) is 0 Å². The first-order valence-corrected chi connectivity index (χ1v) is 15.5. The molecule has 0 radical (unpaired) electrons. The summed E-state index contributed by atoms with van der Waals surface area (Å²) in [6.07, 6.45) is 11.9. The minimum Gasteiger partial charge on any atom is -0.382 e. The Morgan fingerprint density at radius 1 is 1.05 bits per heavy atom. The number of nitrogens with zero attached hydrogens (tertiary/aromatic N) is 3. The number of carbonyl (C=O) groups is 2. The third-order valence-corrected chi connectivity index (χ3v) is 8.16. The summed E-state index contributed by atoms with van der Waals surface area (Å²) in [5, 5.41) is 0. The second-order valence-electron chi connectivity index (χ2n) is 11.1. The lowest BCUT2D eigenvalue weighted by Gasteiger charge is -2.36. The fourth-order valence-electron chi connectivity index (χ4n) is 5.76. The van der Waals surface area contributed by atoms with Crippen LogP contribution in [0.25, 0.3) is 0 Å². The Hall–Kier alpha value is -2.67. The predicted octanol–water partition coefficient (Wildman–Crippen LogP) is 6.81. The quantitative estimate of drug-likeness (QED) is 0.202. The molecule has 0 saturated heterocycles. The van der Waals surface area contributed by atoms with E-state index in [1.807, 2.05) is 24.1 Å². The third kappa shape index (κ3) is 9.76. The molecule has 7 heteroatoms. The molecule has 6 nitrogen and oxygen atoms in total. The van der Waals surface area contributed by atoms with Crippen molar-refractivity contribution in [3.05, 3.63) is 59.7 Å². The van der Waals surface area contributed by atoms with Gasteiger partial charge in [-0.05, 0) is 68.9 Å². The normalized spacial score (nSPS) is 14.7. The highest BCUT2D eigenvalue weighted by Crippen LogP contribution is 2.25. The number of amides is 2. The van der Waals surface area contributed by atoms with Crippen molar-refractivity contribution in [1.29, 1.82) is 0 Å². The molecule has 1 saturated carbocycles. The molecule has 1 aromatic heterocycles. The summed E-state index contributed by atoms with van der Waals surface area (Å²) in [6.45, 7) is 9.19. The van der Waals surface area contributed by atoms with Gasteiger partial charge in [-0.2, -0.15) is 0 Å². The van der Waals surface area contributed by atoms with E-state index in [1.54, 1.807) is 17.0 Å². The maximum absolute atomic E-state index is 14.1. The number of aromatic nitrogens is 1. The van der Waals surface area contributed by atoms with Crippen LogP contribution in [-0.4, -0.2) is 58.5 Å². The Kier molecular flexibility index (Phi) is 13.7. The summed E-state index contributed by atoms with van der Waals surface area (Å²) in [5.41, 5.74) is 2.06. The van der Waals surface area contributed by atoms with E-state index >= 15 is 0 Å². The van der Waals surface area contributed by atoms with Crippen molar-refractivity contribution in [2.24, 2.45) is 5.92 Å². The van der Waals surface area contributed by atoms with Crippen LogP contribution in [-0.2, 0) is 27.4 Å². The van der Waals surface area contributed by atoms with Crippen LogP contribution in [0.4, 0.5) is 4.39 Å². The molecule has 222 valence electrons. The van der Waals surface area contributed by atoms with Gasteiger partial charge in [-0.1, -0.05) is 58.1 Å². The molecule has 1 unspecified atom stereocenters. The van der Waals surface area contributed by atoms with Gasteiger partial charge in [-0.3, -0.25) is 9.59 Å². The van der Waals surface area contributed by atoms with Gasteiger partial charge in [0.15, 0.2) is 0 Å². The average Bonchev–Trinajstić information content (AvgIpc) is 3.41. The van der Waals surface area contributed by atoms with Crippen LogP contribution in [0.2, 0.25) is 0 Å². The number of halogens is 1. The van der Waals surface area contributed by atoms with E-state index in [4.69, 9.17) is 4.74 Å². The van der Waals surface area contributed by atoms with Gasteiger partial charge in [0.05, 0.1) is 13.1 Å². The Morgan fingerprint density at radius 3 is 2.48 bits per heavy atom. The molecule has 2 amide bonds. The Labute approximate surface area is 240 Å².